The van der Waals surface area contributed by atoms with E-state index in [0.717, 1.165) is 49.0 Å². The molecule has 9 nitrogen and oxygen atoms in total. The van der Waals surface area contributed by atoms with Gasteiger partial charge in [-0.05, 0) is 18.6 Å². The minimum Gasteiger partial charge on any atom is -0.370 e. The van der Waals surface area contributed by atoms with Crippen LogP contribution in [0.4, 0.5) is 11.6 Å². The van der Waals surface area contributed by atoms with Crippen LogP contribution in [0, 0.1) is 0 Å². The Bertz CT molecular complexity index is 940. The number of piperazine rings is 1. The van der Waals surface area contributed by atoms with Crippen molar-refractivity contribution in [3.05, 3.63) is 42.6 Å². The van der Waals surface area contributed by atoms with Gasteiger partial charge >= 0.3 is 0 Å². The molecule has 3 aromatic rings. The number of carbonyl (C=O) groups excluding carboxylic acids is 1. The molecule has 0 atom stereocenters. The maximum absolute atomic E-state index is 11.9. The van der Waals surface area contributed by atoms with Crippen molar-refractivity contribution < 1.29 is 4.79 Å². The zero-order valence-corrected chi connectivity index (χ0v) is 15.2. The van der Waals surface area contributed by atoms with Gasteiger partial charge in [0, 0.05) is 45.4 Å². The molecular weight excluding hydrogens is 344 g/mol. The van der Waals surface area contributed by atoms with Crippen LogP contribution >= 0.6 is 0 Å². The predicted molar refractivity (Wildman–Crippen MR) is 102 cm³/mol. The monoisotopic (exact) mass is 366 g/mol. The highest BCUT2D eigenvalue weighted by molar-refractivity contribution is 5.82. The summed E-state index contributed by atoms with van der Waals surface area (Å²) >= 11 is 0. The molecule has 1 aliphatic heterocycles. The van der Waals surface area contributed by atoms with E-state index in [-0.39, 0.29) is 5.91 Å². The molecule has 0 aromatic carbocycles. The number of hydrogen-bond acceptors (Lipinski definition) is 7. The minimum atomic E-state index is 0.106. The van der Waals surface area contributed by atoms with Crippen molar-refractivity contribution in [2.24, 2.45) is 0 Å². The second-order valence-corrected chi connectivity index (χ2v) is 6.57. The van der Waals surface area contributed by atoms with E-state index < -0.39 is 0 Å². The number of fused-ring (bicyclic) bond motifs is 1. The second-order valence-electron chi connectivity index (χ2n) is 6.57. The van der Waals surface area contributed by atoms with E-state index in [1.54, 1.807) is 4.90 Å². The van der Waals surface area contributed by atoms with E-state index in [0.29, 0.717) is 13.1 Å². The first-order valence-corrected chi connectivity index (χ1v) is 9.04. The zero-order chi connectivity index (χ0) is 18.6. The van der Waals surface area contributed by atoms with E-state index in [9.17, 15) is 4.79 Å². The Balaban J connectivity index is 1.32. The maximum Gasteiger partial charge on any atom is 0.241 e. The van der Waals surface area contributed by atoms with Crippen molar-refractivity contribution in [2.45, 2.75) is 12.8 Å². The number of amides is 1. The number of carbonyl (C=O) groups is 1. The number of aromatic nitrogens is 5. The van der Waals surface area contributed by atoms with E-state index >= 15 is 0 Å². The Labute approximate surface area is 157 Å². The third kappa shape index (κ3) is 3.81. The third-order valence-electron chi connectivity index (χ3n) is 4.70. The number of likely N-dealkylation sites (N-methyl/N-ethyl adjacent to an activating group) is 1. The van der Waals surface area contributed by atoms with Crippen LogP contribution in [0.1, 0.15) is 12.2 Å². The van der Waals surface area contributed by atoms with Gasteiger partial charge in [0.15, 0.2) is 5.65 Å². The summed E-state index contributed by atoms with van der Waals surface area (Å²) < 4.78 is 2.01. The third-order valence-corrected chi connectivity index (χ3v) is 4.70. The summed E-state index contributed by atoms with van der Waals surface area (Å²) in [5.41, 5.74) is 0.864. The first-order chi connectivity index (χ1) is 13.2. The van der Waals surface area contributed by atoms with E-state index in [2.05, 4.69) is 25.5 Å². The Morgan fingerprint density at radius 3 is 3.00 bits per heavy atom. The Hall–Kier alpha value is -3.23. The fourth-order valence-electron chi connectivity index (χ4n) is 3.10. The van der Waals surface area contributed by atoms with Gasteiger partial charge < -0.3 is 15.1 Å². The number of nitrogens with one attached hydrogen (secondary N) is 1. The van der Waals surface area contributed by atoms with Crippen molar-refractivity contribution in [3.63, 3.8) is 0 Å². The first kappa shape index (κ1) is 17.2. The normalized spacial score (nSPS) is 14.8. The maximum atomic E-state index is 11.9. The van der Waals surface area contributed by atoms with Crippen molar-refractivity contribution >= 4 is 23.2 Å². The largest absolute Gasteiger partial charge is 0.370 e. The van der Waals surface area contributed by atoms with Crippen LogP contribution < -0.4 is 10.2 Å². The summed E-state index contributed by atoms with van der Waals surface area (Å²) in [5, 5.41) is 11.7. The molecule has 1 fully saturated rings. The average Bonchev–Trinajstić information content (AvgIpc) is 3.11. The molecule has 3 aromatic heterocycles. The lowest BCUT2D eigenvalue weighted by Crippen LogP contribution is -2.48. The van der Waals surface area contributed by atoms with Gasteiger partial charge in [0.1, 0.15) is 23.8 Å². The quantitative estimate of drug-likeness (QED) is 0.647. The molecule has 0 saturated carbocycles. The van der Waals surface area contributed by atoms with Crippen molar-refractivity contribution in [2.75, 3.05) is 43.4 Å². The molecule has 9 heteroatoms. The van der Waals surface area contributed by atoms with Crippen LogP contribution in [0.15, 0.2) is 36.8 Å². The number of aryl methyl sites for hydroxylation is 1. The van der Waals surface area contributed by atoms with Gasteiger partial charge in [-0.2, -0.15) is 0 Å². The minimum absolute atomic E-state index is 0.106. The number of pyridine rings is 1. The molecule has 140 valence electrons. The first-order valence-electron chi connectivity index (χ1n) is 9.04. The highest BCUT2D eigenvalue weighted by Crippen LogP contribution is 2.16. The average molecular weight is 366 g/mol. The molecule has 1 amide bonds. The Morgan fingerprint density at radius 1 is 1.19 bits per heavy atom. The number of hydrogen-bond donors (Lipinski definition) is 1. The Kier molecular flexibility index (Phi) is 4.82. The summed E-state index contributed by atoms with van der Waals surface area (Å²) in [5.74, 6) is 2.59. The van der Waals surface area contributed by atoms with Crippen LogP contribution in [0.3, 0.4) is 0 Å². The van der Waals surface area contributed by atoms with Gasteiger partial charge in [-0.3, -0.25) is 9.20 Å². The van der Waals surface area contributed by atoms with Crippen LogP contribution in [0.2, 0.25) is 0 Å². The number of anilines is 2. The van der Waals surface area contributed by atoms with Gasteiger partial charge in [0.25, 0.3) is 0 Å². The molecule has 0 radical (unpaired) electrons. The highest BCUT2D eigenvalue weighted by atomic mass is 16.2. The molecule has 0 unspecified atom stereocenters. The molecule has 4 rings (SSSR count). The molecular formula is C18H22N8O. The highest BCUT2D eigenvalue weighted by Gasteiger charge is 2.22. The lowest BCUT2D eigenvalue weighted by atomic mass is 10.3. The van der Waals surface area contributed by atoms with Crippen LogP contribution in [0.25, 0.3) is 5.65 Å². The molecule has 1 N–H and O–H groups in total. The van der Waals surface area contributed by atoms with Crippen molar-refractivity contribution in [1.82, 2.24) is 29.5 Å². The van der Waals surface area contributed by atoms with Crippen LogP contribution in [0.5, 0.6) is 0 Å². The van der Waals surface area contributed by atoms with Gasteiger partial charge in [-0.25, -0.2) is 9.97 Å². The number of nitrogens with zero attached hydrogens (tertiary/aromatic N) is 7. The van der Waals surface area contributed by atoms with Crippen molar-refractivity contribution in [3.8, 4) is 0 Å². The molecule has 0 spiro atoms. The van der Waals surface area contributed by atoms with Crippen LogP contribution in [-0.2, 0) is 11.2 Å². The number of rotatable bonds is 6. The summed E-state index contributed by atoms with van der Waals surface area (Å²) in [6.07, 6.45) is 5.24. The fraction of sp³-hybridized carbons (Fsp3) is 0.389. The second kappa shape index (κ2) is 7.56. The van der Waals surface area contributed by atoms with E-state index in [1.165, 1.54) is 6.33 Å². The molecule has 27 heavy (non-hydrogen) atoms. The summed E-state index contributed by atoms with van der Waals surface area (Å²) in [6.45, 7) is 2.60. The van der Waals surface area contributed by atoms with Crippen LogP contribution in [-0.4, -0.2) is 68.6 Å². The zero-order valence-electron chi connectivity index (χ0n) is 15.2. The van der Waals surface area contributed by atoms with E-state index in [4.69, 9.17) is 0 Å². The standard InChI is InChI=1S/C18H22N8O/c1-24-9-10-25(12-18(24)27)17-11-14(20-13-21-17)19-7-4-6-16-23-22-15-5-2-3-8-26(15)16/h2-3,5,8,11,13H,4,6-7,9-10,12H2,1H3,(H,19,20,21). The Morgan fingerprint density at radius 2 is 2.11 bits per heavy atom. The van der Waals surface area contributed by atoms with Gasteiger partial charge in [0.2, 0.25) is 5.91 Å². The summed E-state index contributed by atoms with van der Waals surface area (Å²) in [7, 11) is 1.82. The lowest BCUT2D eigenvalue weighted by Gasteiger charge is -2.32. The topological polar surface area (TPSA) is 91.6 Å². The fourth-order valence-corrected chi connectivity index (χ4v) is 3.10. The summed E-state index contributed by atoms with van der Waals surface area (Å²) in [6, 6.07) is 7.77. The SMILES string of the molecule is CN1CCN(c2cc(NCCCc3nnc4ccccn34)ncn2)CC1=O. The molecule has 1 saturated heterocycles. The van der Waals surface area contributed by atoms with Gasteiger partial charge in [-0.1, -0.05) is 6.07 Å². The smallest absolute Gasteiger partial charge is 0.241 e. The predicted octanol–water partition coefficient (Wildman–Crippen LogP) is 0.842. The molecule has 0 aliphatic carbocycles. The van der Waals surface area contributed by atoms with Gasteiger partial charge in [-0.15, -0.1) is 10.2 Å². The van der Waals surface area contributed by atoms with E-state index in [1.807, 2.05) is 46.8 Å². The molecule has 1 aliphatic rings. The van der Waals surface area contributed by atoms with Crippen molar-refractivity contribution in [1.29, 1.82) is 0 Å². The summed E-state index contributed by atoms with van der Waals surface area (Å²) in [4.78, 5) is 24.2. The lowest BCUT2D eigenvalue weighted by molar-refractivity contribution is -0.129. The van der Waals surface area contributed by atoms with Gasteiger partial charge in [0.05, 0.1) is 6.54 Å². The molecule has 0 bridgehead atoms. The molecule has 4 heterocycles.